The fourth-order valence-corrected chi connectivity index (χ4v) is 2.42. The summed E-state index contributed by atoms with van der Waals surface area (Å²) in [6.07, 6.45) is 1.40. The van der Waals surface area contributed by atoms with Crippen LogP contribution in [0.2, 0.25) is 5.02 Å². The Bertz CT molecular complexity index is 936. The van der Waals surface area contributed by atoms with E-state index in [1.165, 1.54) is 31.5 Å². The van der Waals surface area contributed by atoms with Gasteiger partial charge in [-0.25, -0.2) is 9.78 Å². The molecule has 0 saturated carbocycles. The number of aromatic nitrogens is 1. The first-order valence-corrected chi connectivity index (χ1v) is 7.67. The first kappa shape index (κ1) is 16.7. The predicted molar refractivity (Wildman–Crippen MR) is 92.7 cm³/mol. The van der Waals surface area contributed by atoms with Crippen LogP contribution in [0.5, 0.6) is 0 Å². The molecule has 7 heteroatoms. The third kappa shape index (κ3) is 3.70. The van der Waals surface area contributed by atoms with Crippen LogP contribution in [-0.4, -0.2) is 24.0 Å². The zero-order valence-electron chi connectivity index (χ0n) is 13.2. The Morgan fingerprint density at radius 2 is 1.96 bits per heavy atom. The minimum Gasteiger partial charge on any atom is -0.465 e. The summed E-state index contributed by atoms with van der Waals surface area (Å²) in [6.45, 7) is 0. The van der Waals surface area contributed by atoms with Crippen molar-refractivity contribution in [1.29, 1.82) is 0 Å². The Balaban J connectivity index is 1.79. The number of furan rings is 1. The number of carbonyl (C=O) groups excluding carboxylic acids is 2. The Morgan fingerprint density at radius 3 is 2.72 bits per heavy atom. The van der Waals surface area contributed by atoms with Gasteiger partial charge < -0.3 is 14.5 Å². The number of nitrogens with zero attached hydrogens (tertiary/aromatic N) is 1. The quantitative estimate of drug-likeness (QED) is 0.713. The molecule has 0 unspecified atom stereocenters. The highest BCUT2D eigenvalue weighted by Gasteiger charge is 2.15. The van der Waals surface area contributed by atoms with Crippen molar-refractivity contribution in [3.63, 3.8) is 0 Å². The Hall–Kier alpha value is -3.12. The molecule has 3 aromatic rings. The van der Waals surface area contributed by atoms with Crippen molar-refractivity contribution in [3.8, 4) is 11.3 Å². The average Bonchev–Trinajstić information content (AvgIpc) is 3.11. The topological polar surface area (TPSA) is 81.4 Å². The van der Waals surface area contributed by atoms with Crippen molar-refractivity contribution < 1.29 is 18.7 Å². The van der Waals surface area contributed by atoms with Gasteiger partial charge in [-0.2, -0.15) is 0 Å². The SMILES string of the molecule is COC(=O)c1ccnc(NC(=O)c2ccc(-c3ccccc3Cl)o2)c1. The summed E-state index contributed by atoms with van der Waals surface area (Å²) in [7, 11) is 1.28. The van der Waals surface area contributed by atoms with Gasteiger partial charge in [0, 0.05) is 11.8 Å². The Kier molecular flexibility index (Phi) is 4.81. The second kappa shape index (κ2) is 7.19. The van der Waals surface area contributed by atoms with E-state index < -0.39 is 11.9 Å². The number of hydrogen-bond donors (Lipinski definition) is 1. The van der Waals surface area contributed by atoms with E-state index in [0.29, 0.717) is 16.3 Å². The maximum absolute atomic E-state index is 12.3. The summed E-state index contributed by atoms with van der Waals surface area (Å²) in [4.78, 5) is 27.8. The van der Waals surface area contributed by atoms with E-state index in [2.05, 4.69) is 15.0 Å². The Morgan fingerprint density at radius 1 is 1.16 bits per heavy atom. The first-order valence-electron chi connectivity index (χ1n) is 7.29. The van der Waals surface area contributed by atoms with Crippen molar-refractivity contribution in [1.82, 2.24) is 4.98 Å². The van der Waals surface area contributed by atoms with E-state index in [4.69, 9.17) is 16.0 Å². The standard InChI is InChI=1S/C18H13ClN2O4/c1-24-18(23)11-8-9-20-16(10-11)21-17(22)15-7-6-14(25-15)12-4-2-3-5-13(12)19/h2-10H,1H3,(H,20,21,22). The number of rotatable bonds is 4. The molecule has 2 heterocycles. The van der Waals surface area contributed by atoms with Crippen LogP contribution in [0.4, 0.5) is 5.82 Å². The maximum Gasteiger partial charge on any atom is 0.338 e. The van der Waals surface area contributed by atoms with Gasteiger partial charge in [0.2, 0.25) is 0 Å². The number of anilines is 1. The lowest BCUT2D eigenvalue weighted by Gasteiger charge is -2.04. The highest BCUT2D eigenvalue weighted by molar-refractivity contribution is 6.33. The fourth-order valence-electron chi connectivity index (χ4n) is 2.19. The number of methoxy groups -OCH3 is 1. The molecule has 0 aliphatic carbocycles. The van der Waals surface area contributed by atoms with Crippen LogP contribution in [0.15, 0.2) is 59.1 Å². The van der Waals surface area contributed by atoms with Gasteiger partial charge in [0.15, 0.2) is 5.76 Å². The zero-order valence-corrected chi connectivity index (χ0v) is 13.9. The molecule has 3 rings (SSSR count). The van der Waals surface area contributed by atoms with Crippen molar-refractivity contribution >= 4 is 29.3 Å². The summed E-state index contributed by atoms with van der Waals surface area (Å²) in [5.41, 5.74) is 0.970. The van der Waals surface area contributed by atoms with Crippen LogP contribution in [0.1, 0.15) is 20.9 Å². The summed E-state index contributed by atoms with van der Waals surface area (Å²) < 4.78 is 10.2. The van der Waals surface area contributed by atoms with Gasteiger partial charge in [-0.15, -0.1) is 0 Å². The van der Waals surface area contributed by atoms with Gasteiger partial charge >= 0.3 is 5.97 Å². The van der Waals surface area contributed by atoms with Gasteiger partial charge in [-0.05, 0) is 36.4 Å². The summed E-state index contributed by atoms with van der Waals surface area (Å²) in [6, 6.07) is 13.3. The monoisotopic (exact) mass is 356 g/mol. The number of hydrogen-bond acceptors (Lipinski definition) is 5. The maximum atomic E-state index is 12.3. The lowest BCUT2D eigenvalue weighted by atomic mass is 10.2. The van der Waals surface area contributed by atoms with Crippen molar-refractivity contribution in [3.05, 3.63) is 71.1 Å². The number of halogens is 1. The van der Waals surface area contributed by atoms with Gasteiger partial charge in [-0.1, -0.05) is 23.7 Å². The fraction of sp³-hybridized carbons (Fsp3) is 0.0556. The molecule has 1 N–H and O–H groups in total. The highest BCUT2D eigenvalue weighted by Crippen LogP contribution is 2.29. The van der Waals surface area contributed by atoms with Crippen LogP contribution < -0.4 is 5.32 Å². The van der Waals surface area contributed by atoms with Gasteiger partial charge in [0.05, 0.1) is 17.7 Å². The van der Waals surface area contributed by atoms with Crippen molar-refractivity contribution in [2.24, 2.45) is 0 Å². The largest absolute Gasteiger partial charge is 0.465 e. The third-order valence-corrected chi connectivity index (χ3v) is 3.72. The number of carbonyl (C=O) groups is 2. The van der Waals surface area contributed by atoms with E-state index in [0.717, 1.165) is 0 Å². The minimum atomic E-state index is -0.517. The van der Waals surface area contributed by atoms with Gasteiger partial charge in [-0.3, -0.25) is 4.79 Å². The van der Waals surface area contributed by atoms with Crippen LogP contribution in [0.3, 0.4) is 0 Å². The number of amides is 1. The molecule has 0 fully saturated rings. The molecule has 0 saturated heterocycles. The normalized spacial score (nSPS) is 10.3. The molecule has 1 aromatic carbocycles. The molecule has 0 spiro atoms. The molecule has 2 aromatic heterocycles. The van der Waals surface area contributed by atoms with E-state index in [1.54, 1.807) is 18.2 Å². The molecular weight excluding hydrogens is 344 g/mol. The molecule has 0 bridgehead atoms. The Labute approximate surface area is 148 Å². The second-order valence-corrected chi connectivity index (χ2v) is 5.43. The molecule has 0 aliphatic rings. The molecule has 25 heavy (non-hydrogen) atoms. The number of ether oxygens (including phenoxy) is 1. The van der Waals surface area contributed by atoms with Crippen LogP contribution in [0.25, 0.3) is 11.3 Å². The highest BCUT2D eigenvalue weighted by atomic mass is 35.5. The molecule has 6 nitrogen and oxygen atoms in total. The van der Waals surface area contributed by atoms with E-state index in [1.807, 2.05) is 12.1 Å². The van der Waals surface area contributed by atoms with Crippen molar-refractivity contribution in [2.75, 3.05) is 12.4 Å². The van der Waals surface area contributed by atoms with Crippen LogP contribution in [0, 0.1) is 0 Å². The van der Waals surface area contributed by atoms with Crippen LogP contribution in [-0.2, 0) is 4.74 Å². The molecule has 0 radical (unpaired) electrons. The summed E-state index contributed by atoms with van der Waals surface area (Å²) >= 11 is 6.12. The second-order valence-electron chi connectivity index (χ2n) is 5.02. The smallest absolute Gasteiger partial charge is 0.338 e. The number of esters is 1. The first-order chi connectivity index (χ1) is 12.1. The van der Waals surface area contributed by atoms with Crippen molar-refractivity contribution in [2.45, 2.75) is 0 Å². The van der Waals surface area contributed by atoms with E-state index in [9.17, 15) is 9.59 Å². The number of pyridine rings is 1. The molecular formula is C18H13ClN2O4. The van der Waals surface area contributed by atoms with E-state index >= 15 is 0 Å². The number of nitrogens with one attached hydrogen (secondary N) is 1. The lowest BCUT2D eigenvalue weighted by Crippen LogP contribution is -2.13. The molecule has 0 aliphatic heterocycles. The summed E-state index contributed by atoms with van der Waals surface area (Å²) in [5.74, 6) is -0.222. The van der Waals surface area contributed by atoms with E-state index in [-0.39, 0.29) is 17.1 Å². The van der Waals surface area contributed by atoms with Gasteiger partial charge in [0.1, 0.15) is 11.6 Å². The number of benzene rings is 1. The minimum absolute atomic E-state index is 0.0974. The van der Waals surface area contributed by atoms with Crippen LogP contribution >= 0.6 is 11.6 Å². The molecule has 0 atom stereocenters. The molecule has 1 amide bonds. The predicted octanol–water partition coefficient (Wildman–Crippen LogP) is 4.03. The molecule has 126 valence electrons. The summed E-state index contributed by atoms with van der Waals surface area (Å²) in [5, 5.41) is 3.10. The lowest BCUT2D eigenvalue weighted by molar-refractivity contribution is 0.0600. The van der Waals surface area contributed by atoms with Gasteiger partial charge in [0.25, 0.3) is 5.91 Å². The average molecular weight is 357 g/mol. The third-order valence-electron chi connectivity index (χ3n) is 3.39. The zero-order chi connectivity index (χ0) is 17.8.